The van der Waals surface area contributed by atoms with E-state index in [2.05, 4.69) is 15.3 Å². The quantitative estimate of drug-likeness (QED) is 0.764. The van der Waals surface area contributed by atoms with Gasteiger partial charge in [-0.2, -0.15) is 0 Å². The van der Waals surface area contributed by atoms with E-state index in [0.717, 1.165) is 22.3 Å². The molecule has 0 aliphatic heterocycles. The van der Waals surface area contributed by atoms with Crippen LogP contribution in [0.4, 0.5) is 5.82 Å². The molecule has 0 atom stereocenters. The first-order chi connectivity index (χ1) is 9.28. The molecule has 19 heavy (non-hydrogen) atoms. The molecule has 0 saturated carbocycles. The molecule has 4 heteroatoms. The average Bonchev–Trinajstić information content (AvgIpc) is 2.47. The van der Waals surface area contributed by atoms with Crippen molar-refractivity contribution in [1.82, 2.24) is 9.97 Å². The predicted molar refractivity (Wildman–Crippen MR) is 79.5 cm³/mol. The van der Waals surface area contributed by atoms with Gasteiger partial charge in [-0.25, -0.2) is 9.97 Å². The smallest absolute Gasteiger partial charge is 0.162 e. The summed E-state index contributed by atoms with van der Waals surface area (Å²) in [6.45, 7) is 0. The summed E-state index contributed by atoms with van der Waals surface area (Å²) in [6, 6.07) is 15.5. The molecule has 3 rings (SSSR count). The van der Waals surface area contributed by atoms with E-state index in [1.54, 1.807) is 0 Å². The highest BCUT2D eigenvalue weighted by Gasteiger charge is 2.07. The highest BCUT2D eigenvalue weighted by Crippen LogP contribution is 2.25. The van der Waals surface area contributed by atoms with Gasteiger partial charge >= 0.3 is 0 Å². The average molecular weight is 270 g/mol. The van der Waals surface area contributed by atoms with Crippen LogP contribution in [0.5, 0.6) is 0 Å². The third-order valence-electron chi connectivity index (χ3n) is 2.94. The van der Waals surface area contributed by atoms with Crippen LogP contribution in [0.15, 0.2) is 48.5 Å². The zero-order valence-electron chi connectivity index (χ0n) is 10.4. The van der Waals surface area contributed by atoms with Gasteiger partial charge in [-0.3, -0.25) is 0 Å². The standard InChI is InChI=1S/C15H12ClN3/c1-17-15-12-4-2-3-5-13(12)18-14(19-15)10-6-8-11(16)9-7-10/h2-9H,1H3,(H,17,18,19). The maximum atomic E-state index is 5.90. The van der Waals surface area contributed by atoms with E-state index in [0.29, 0.717) is 10.8 Å². The predicted octanol–water partition coefficient (Wildman–Crippen LogP) is 3.99. The number of nitrogens with one attached hydrogen (secondary N) is 1. The molecular formula is C15H12ClN3. The summed E-state index contributed by atoms with van der Waals surface area (Å²) >= 11 is 5.90. The van der Waals surface area contributed by atoms with E-state index in [-0.39, 0.29) is 0 Å². The van der Waals surface area contributed by atoms with E-state index < -0.39 is 0 Å². The molecule has 3 aromatic rings. The van der Waals surface area contributed by atoms with Crippen molar-refractivity contribution < 1.29 is 0 Å². The number of hydrogen-bond donors (Lipinski definition) is 1. The molecule has 1 N–H and O–H groups in total. The zero-order chi connectivity index (χ0) is 13.2. The second kappa shape index (κ2) is 4.86. The number of hydrogen-bond acceptors (Lipinski definition) is 3. The number of benzene rings is 2. The Morgan fingerprint density at radius 1 is 0.947 bits per heavy atom. The number of para-hydroxylation sites is 1. The normalized spacial score (nSPS) is 10.6. The van der Waals surface area contributed by atoms with Crippen LogP contribution in [0.2, 0.25) is 5.02 Å². The van der Waals surface area contributed by atoms with Gasteiger partial charge in [0.25, 0.3) is 0 Å². The van der Waals surface area contributed by atoms with Crippen molar-refractivity contribution in [3.8, 4) is 11.4 Å². The van der Waals surface area contributed by atoms with Crippen LogP contribution in [-0.4, -0.2) is 17.0 Å². The number of anilines is 1. The monoisotopic (exact) mass is 269 g/mol. The molecule has 0 radical (unpaired) electrons. The SMILES string of the molecule is CNc1nc(-c2ccc(Cl)cc2)nc2ccccc12. The molecule has 0 aliphatic carbocycles. The zero-order valence-corrected chi connectivity index (χ0v) is 11.1. The van der Waals surface area contributed by atoms with Crippen molar-refractivity contribution in [2.45, 2.75) is 0 Å². The minimum atomic E-state index is 0.694. The van der Waals surface area contributed by atoms with E-state index in [9.17, 15) is 0 Å². The molecule has 0 fully saturated rings. The van der Waals surface area contributed by atoms with Gasteiger partial charge in [0.15, 0.2) is 5.82 Å². The molecule has 0 aliphatic rings. The second-order valence-electron chi connectivity index (χ2n) is 4.17. The molecule has 1 heterocycles. The molecule has 0 saturated heterocycles. The molecule has 3 nitrogen and oxygen atoms in total. The molecule has 0 bridgehead atoms. The largest absolute Gasteiger partial charge is 0.373 e. The fraction of sp³-hybridized carbons (Fsp3) is 0.0667. The Morgan fingerprint density at radius 3 is 2.42 bits per heavy atom. The van der Waals surface area contributed by atoms with Crippen LogP contribution < -0.4 is 5.32 Å². The van der Waals surface area contributed by atoms with Crippen molar-refractivity contribution >= 4 is 28.3 Å². The summed E-state index contributed by atoms with van der Waals surface area (Å²) in [5, 5.41) is 4.84. The van der Waals surface area contributed by atoms with Gasteiger partial charge in [0.2, 0.25) is 0 Å². The van der Waals surface area contributed by atoms with Crippen LogP contribution in [-0.2, 0) is 0 Å². The van der Waals surface area contributed by atoms with Gasteiger partial charge in [0.1, 0.15) is 5.82 Å². The second-order valence-corrected chi connectivity index (χ2v) is 4.61. The lowest BCUT2D eigenvalue weighted by Gasteiger charge is -2.08. The maximum absolute atomic E-state index is 5.90. The lowest BCUT2D eigenvalue weighted by Crippen LogP contribution is -1.98. The number of aromatic nitrogens is 2. The van der Waals surface area contributed by atoms with E-state index in [1.165, 1.54) is 0 Å². The van der Waals surface area contributed by atoms with Gasteiger partial charge < -0.3 is 5.32 Å². The van der Waals surface area contributed by atoms with Crippen LogP contribution >= 0.6 is 11.6 Å². The van der Waals surface area contributed by atoms with Crippen molar-refractivity contribution in [3.63, 3.8) is 0 Å². The number of halogens is 1. The summed E-state index contributed by atoms with van der Waals surface area (Å²) < 4.78 is 0. The van der Waals surface area contributed by atoms with E-state index >= 15 is 0 Å². The summed E-state index contributed by atoms with van der Waals surface area (Å²) in [4.78, 5) is 9.14. The van der Waals surface area contributed by atoms with Crippen molar-refractivity contribution in [1.29, 1.82) is 0 Å². The third kappa shape index (κ3) is 2.25. The first-order valence-corrected chi connectivity index (χ1v) is 6.36. The van der Waals surface area contributed by atoms with Crippen LogP contribution in [0, 0.1) is 0 Å². The Morgan fingerprint density at radius 2 is 1.68 bits per heavy atom. The Balaban J connectivity index is 2.22. The van der Waals surface area contributed by atoms with Crippen LogP contribution in [0.25, 0.3) is 22.3 Å². The Bertz CT molecular complexity index is 723. The maximum Gasteiger partial charge on any atom is 0.162 e. The van der Waals surface area contributed by atoms with Crippen molar-refractivity contribution in [3.05, 3.63) is 53.6 Å². The summed E-state index contributed by atoms with van der Waals surface area (Å²) in [6.07, 6.45) is 0. The highest BCUT2D eigenvalue weighted by atomic mass is 35.5. The van der Waals surface area contributed by atoms with Gasteiger partial charge in [-0.05, 0) is 36.4 Å². The topological polar surface area (TPSA) is 37.8 Å². The Labute approximate surface area is 116 Å². The van der Waals surface area contributed by atoms with E-state index in [1.807, 2.05) is 55.6 Å². The molecule has 0 amide bonds. The summed E-state index contributed by atoms with van der Waals surface area (Å²) in [5.74, 6) is 1.52. The van der Waals surface area contributed by atoms with Crippen LogP contribution in [0.3, 0.4) is 0 Å². The molecule has 94 valence electrons. The van der Waals surface area contributed by atoms with Crippen LogP contribution in [0.1, 0.15) is 0 Å². The lowest BCUT2D eigenvalue weighted by molar-refractivity contribution is 1.21. The minimum Gasteiger partial charge on any atom is -0.373 e. The summed E-state index contributed by atoms with van der Waals surface area (Å²) in [7, 11) is 1.86. The number of rotatable bonds is 2. The van der Waals surface area contributed by atoms with Crippen molar-refractivity contribution in [2.24, 2.45) is 0 Å². The van der Waals surface area contributed by atoms with Crippen molar-refractivity contribution in [2.75, 3.05) is 12.4 Å². The first-order valence-electron chi connectivity index (χ1n) is 5.98. The highest BCUT2D eigenvalue weighted by molar-refractivity contribution is 6.30. The Kier molecular flexibility index (Phi) is 3.05. The molecular weight excluding hydrogens is 258 g/mol. The number of nitrogens with zero attached hydrogens (tertiary/aromatic N) is 2. The van der Waals surface area contributed by atoms with Gasteiger partial charge in [0.05, 0.1) is 5.52 Å². The molecule has 1 aromatic heterocycles. The Hall–Kier alpha value is -2.13. The third-order valence-corrected chi connectivity index (χ3v) is 3.19. The molecule has 2 aromatic carbocycles. The minimum absolute atomic E-state index is 0.694. The molecule has 0 spiro atoms. The lowest BCUT2D eigenvalue weighted by atomic mass is 10.2. The van der Waals surface area contributed by atoms with Gasteiger partial charge in [-0.15, -0.1) is 0 Å². The van der Waals surface area contributed by atoms with Gasteiger partial charge in [0, 0.05) is 23.0 Å². The number of fused-ring (bicyclic) bond motifs is 1. The van der Waals surface area contributed by atoms with E-state index in [4.69, 9.17) is 11.6 Å². The fourth-order valence-corrected chi connectivity index (χ4v) is 2.12. The van der Waals surface area contributed by atoms with Gasteiger partial charge in [-0.1, -0.05) is 23.7 Å². The summed E-state index contributed by atoms with van der Waals surface area (Å²) in [5.41, 5.74) is 1.87. The fourth-order valence-electron chi connectivity index (χ4n) is 2.00. The first kappa shape index (κ1) is 11.9. The molecule has 0 unspecified atom stereocenters.